The lowest BCUT2D eigenvalue weighted by atomic mass is 10.2. The van der Waals surface area contributed by atoms with Gasteiger partial charge >= 0.3 is 5.97 Å². The highest BCUT2D eigenvalue weighted by molar-refractivity contribution is 9.10. The highest BCUT2D eigenvalue weighted by Gasteiger charge is 2.12. The standard InChI is InChI=1S/C13H12BrNO2S/c14-11-5-1-4-10(12(11)15)13(16)17-7-6-9-3-2-8-18-9/h1-5,8H,6-7,15H2. The van der Waals surface area contributed by atoms with E-state index >= 15 is 0 Å². The molecule has 0 saturated carbocycles. The first-order valence-corrected chi connectivity index (χ1v) is 7.09. The Hall–Kier alpha value is -1.33. The summed E-state index contributed by atoms with van der Waals surface area (Å²) >= 11 is 4.94. The van der Waals surface area contributed by atoms with Crippen LogP contribution in [0, 0.1) is 0 Å². The Morgan fingerprint density at radius 3 is 2.89 bits per heavy atom. The molecule has 0 spiro atoms. The number of nitrogens with two attached hydrogens (primary N) is 1. The summed E-state index contributed by atoms with van der Waals surface area (Å²) in [4.78, 5) is 13.0. The third kappa shape index (κ3) is 3.11. The predicted molar refractivity (Wildman–Crippen MR) is 76.9 cm³/mol. The fourth-order valence-electron chi connectivity index (χ4n) is 1.49. The summed E-state index contributed by atoms with van der Waals surface area (Å²) in [5.74, 6) is -0.384. The Morgan fingerprint density at radius 1 is 1.33 bits per heavy atom. The molecule has 0 aliphatic carbocycles. The first-order chi connectivity index (χ1) is 8.68. The number of hydrogen-bond acceptors (Lipinski definition) is 4. The molecule has 0 unspecified atom stereocenters. The van der Waals surface area contributed by atoms with Gasteiger partial charge in [0.25, 0.3) is 0 Å². The van der Waals surface area contributed by atoms with Crippen molar-refractivity contribution in [1.29, 1.82) is 0 Å². The van der Waals surface area contributed by atoms with Crippen molar-refractivity contribution in [1.82, 2.24) is 0 Å². The van der Waals surface area contributed by atoms with Crippen molar-refractivity contribution < 1.29 is 9.53 Å². The van der Waals surface area contributed by atoms with Crippen LogP contribution in [-0.2, 0) is 11.2 Å². The molecule has 0 amide bonds. The van der Waals surface area contributed by atoms with E-state index in [1.54, 1.807) is 29.5 Å². The van der Waals surface area contributed by atoms with E-state index in [2.05, 4.69) is 15.9 Å². The number of para-hydroxylation sites is 1. The fraction of sp³-hybridized carbons (Fsp3) is 0.154. The Kier molecular flexibility index (Phi) is 4.38. The number of halogens is 1. The maximum Gasteiger partial charge on any atom is 0.340 e. The third-order valence-electron chi connectivity index (χ3n) is 2.43. The van der Waals surface area contributed by atoms with E-state index in [-0.39, 0.29) is 5.97 Å². The van der Waals surface area contributed by atoms with Gasteiger partial charge in [-0.05, 0) is 39.5 Å². The van der Waals surface area contributed by atoms with Crippen molar-refractivity contribution in [2.45, 2.75) is 6.42 Å². The van der Waals surface area contributed by atoms with Crippen molar-refractivity contribution in [2.75, 3.05) is 12.3 Å². The number of ether oxygens (including phenoxy) is 1. The number of anilines is 1. The number of benzene rings is 1. The van der Waals surface area contributed by atoms with Crippen LogP contribution in [-0.4, -0.2) is 12.6 Å². The van der Waals surface area contributed by atoms with Gasteiger partial charge in [-0.1, -0.05) is 12.1 Å². The van der Waals surface area contributed by atoms with Crippen LogP contribution in [0.25, 0.3) is 0 Å². The van der Waals surface area contributed by atoms with Gasteiger partial charge in [0.2, 0.25) is 0 Å². The van der Waals surface area contributed by atoms with Gasteiger partial charge in [-0.3, -0.25) is 0 Å². The van der Waals surface area contributed by atoms with Gasteiger partial charge < -0.3 is 10.5 Å². The zero-order valence-electron chi connectivity index (χ0n) is 9.56. The van der Waals surface area contributed by atoms with Gasteiger partial charge in [-0.2, -0.15) is 0 Å². The highest BCUT2D eigenvalue weighted by atomic mass is 79.9. The molecule has 5 heteroatoms. The maximum absolute atomic E-state index is 11.8. The molecule has 0 bridgehead atoms. The van der Waals surface area contributed by atoms with Crippen LogP contribution in [0.1, 0.15) is 15.2 Å². The number of thiophene rings is 1. The monoisotopic (exact) mass is 325 g/mol. The summed E-state index contributed by atoms with van der Waals surface area (Å²) < 4.78 is 5.91. The molecule has 94 valence electrons. The van der Waals surface area contributed by atoms with Crippen LogP contribution in [0.5, 0.6) is 0 Å². The molecule has 2 rings (SSSR count). The van der Waals surface area contributed by atoms with Crippen molar-refractivity contribution in [2.24, 2.45) is 0 Å². The van der Waals surface area contributed by atoms with E-state index in [4.69, 9.17) is 10.5 Å². The highest BCUT2D eigenvalue weighted by Crippen LogP contribution is 2.23. The molecule has 18 heavy (non-hydrogen) atoms. The first-order valence-electron chi connectivity index (χ1n) is 5.42. The first kappa shape index (κ1) is 13.1. The van der Waals surface area contributed by atoms with Gasteiger partial charge in [0.15, 0.2) is 0 Å². The minimum atomic E-state index is -0.384. The average molecular weight is 326 g/mol. The molecule has 0 saturated heterocycles. The SMILES string of the molecule is Nc1c(Br)cccc1C(=O)OCCc1cccs1. The van der Waals surface area contributed by atoms with Crippen molar-refractivity contribution >= 4 is 38.9 Å². The summed E-state index contributed by atoms with van der Waals surface area (Å²) in [5, 5.41) is 2.00. The van der Waals surface area contributed by atoms with Crippen LogP contribution in [0.4, 0.5) is 5.69 Å². The van der Waals surface area contributed by atoms with Crippen LogP contribution in [0.3, 0.4) is 0 Å². The molecule has 1 aromatic heterocycles. The molecule has 1 heterocycles. The van der Waals surface area contributed by atoms with E-state index in [1.165, 1.54) is 4.88 Å². The van der Waals surface area contributed by atoms with Crippen LogP contribution < -0.4 is 5.73 Å². The molecular weight excluding hydrogens is 314 g/mol. The Morgan fingerprint density at radius 2 is 2.17 bits per heavy atom. The maximum atomic E-state index is 11.8. The molecule has 0 aliphatic rings. The van der Waals surface area contributed by atoms with Gasteiger partial charge in [0.1, 0.15) is 0 Å². The topological polar surface area (TPSA) is 52.3 Å². The smallest absolute Gasteiger partial charge is 0.340 e. The lowest BCUT2D eigenvalue weighted by molar-refractivity contribution is 0.0511. The van der Waals surface area contributed by atoms with Crippen LogP contribution in [0.2, 0.25) is 0 Å². The minimum Gasteiger partial charge on any atom is -0.462 e. The molecule has 3 nitrogen and oxygen atoms in total. The van der Waals surface area contributed by atoms with Gasteiger partial charge in [0, 0.05) is 15.8 Å². The van der Waals surface area contributed by atoms with Crippen LogP contribution >= 0.6 is 27.3 Å². The molecular formula is C13H12BrNO2S. The van der Waals surface area contributed by atoms with Crippen molar-refractivity contribution in [3.05, 3.63) is 50.6 Å². The number of nitrogen functional groups attached to an aromatic ring is 1. The van der Waals surface area contributed by atoms with Crippen molar-refractivity contribution in [3.8, 4) is 0 Å². The van der Waals surface area contributed by atoms with Gasteiger partial charge in [-0.25, -0.2) is 4.79 Å². The Bertz CT molecular complexity index is 540. The summed E-state index contributed by atoms with van der Waals surface area (Å²) in [6.45, 7) is 0.366. The molecule has 2 aromatic rings. The largest absolute Gasteiger partial charge is 0.462 e. The molecule has 0 aliphatic heterocycles. The fourth-order valence-corrected chi connectivity index (χ4v) is 2.55. The van der Waals surface area contributed by atoms with E-state index < -0.39 is 0 Å². The Balaban J connectivity index is 1.93. The molecule has 0 atom stereocenters. The zero-order valence-corrected chi connectivity index (χ0v) is 12.0. The number of rotatable bonds is 4. The van der Waals surface area contributed by atoms with Crippen LogP contribution in [0.15, 0.2) is 40.2 Å². The third-order valence-corrected chi connectivity index (χ3v) is 4.06. The van der Waals surface area contributed by atoms with Gasteiger partial charge in [0.05, 0.1) is 17.9 Å². The average Bonchev–Trinajstić information content (AvgIpc) is 2.85. The summed E-state index contributed by atoms with van der Waals surface area (Å²) in [7, 11) is 0. The van der Waals surface area contributed by atoms with Crippen molar-refractivity contribution in [3.63, 3.8) is 0 Å². The second kappa shape index (κ2) is 6.02. The van der Waals surface area contributed by atoms with E-state index in [1.807, 2.05) is 17.5 Å². The minimum absolute atomic E-state index is 0.366. The molecule has 0 radical (unpaired) electrons. The second-order valence-electron chi connectivity index (χ2n) is 3.67. The van der Waals surface area contributed by atoms with Gasteiger partial charge in [-0.15, -0.1) is 11.3 Å². The molecule has 1 aromatic carbocycles. The molecule has 2 N–H and O–H groups in total. The summed E-state index contributed by atoms with van der Waals surface area (Å²) in [6, 6.07) is 9.21. The van der Waals surface area contributed by atoms with E-state index in [9.17, 15) is 4.79 Å². The lowest BCUT2D eigenvalue weighted by Crippen LogP contribution is -2.10. The van der Waals surface area contributed by atoms with E-state index in [0.29, 0.717) is 22.3 Å². The number of hydrogen-bond donors (Lipinski definition) is 1. The van der Waals surface area contributed by atoms with E-state index in [0.717, 1.165) is 6.42 Å². The normalized spacial score (nSPS) is 10.3. The molecule has 0 fully saturated rings. The number of esters is 1. The lowest BCUT2D eigenvalue weighted by Gasteiger charge is -2.07. The quantitative estimate of drug-likeness (QED) is 0.691. The summed E-state index contributed by atoms with van der Waals surface area (Å²) in [6.07, 6.45) is 0.733. The Labute approximate surface area is 118 Å². The predicted octanol–water partition coefficient (Wildman–Crippen LogP) is 3.49. The number of carbonyl (C=O) groups excluding carboxylic acids is 1. The number of carbonyl (C=O) groups is 1. The second-order valence-corrected chi connectivity index (χ2v) is 5.55. The zero-order chi connectivity index (χ0) is 13.0. The summed E-state index contributed by atoms with van der Waals surface area (Å²) in [5.41, 5.74) is 6.62.